The van der Waals surface area contributed by atoms with Crippen molar-refractivity contribution in [3.63, 3.8) is 0 Å². The fraction of sp³-hybridized carbons (Fsp3) is 0.333. The Bertz CT molecular complexity index is 1030. The summed E-state index contributed by atoms with van der Waals surface area (Å²) in [4.78, 5) is 24.6. The zero-order chi connectivity index (χ0) is 17.6. The third-order valence-corrected chi connectivity index (χ3v) is 5.72. The maximum absolute atomic E-state index is 12.9. The maximum atomic E-state index is 12.9. The summed E-state index contributed by atoms with van der Waals surface area (Å²) in [5.41, 5.74) is 0.517. The molecule has 3 aromatic rings. The van der Waals surface area contributed by atoms with Crippen LogP contribution in [0.5, 0.6) is 5.75 Å². The number of pyridine rings is 1. The predicted octanol–water partition coefficient (Wildman–Crippen LogP) is 3.01. The summed E-state index contributed by atoms with van der Waals surface area (Å²) in [6, 6.07) is 7.47. The van der Waals surface area contributed by atoms with Gasteiger partial charge in [-0.2, -0.15) is 0 Å². The largest absolute Gasteiger partial charge is 0.488 e. The first-order chi connectivity index (χ1) is 12.1. The van der Waals surface area contributed by atoms with E-state index >= 15 is 0 Å². The number of benzene rings is 1. The van der Waals surface area contributed by atoms with E-state index in [9.17, 15) is 14.7 Å². The van der Waals surface area contributed by atoms with Gasteiger partial charge in [-0.05, 0) is 18.9 Å². The van der Waals surface area contributed by atoms with Crippen LogP contribution in [-0.2, 0) is 11.8 Å². The molecule has 1 aromatic carbocycles. The number of hydrogen-bond acceptors (Lipinski definition) is 5. The van der Waals surface area contributed by atoms with Crippen molar-refractivity contribution in [1.29, 1.82) is 0 Å². The molecule has 3 heterocycles. The quantitative estimate of drug-likeness (QED) is 0.775. The molecule has 7 heteroatoms. The zero-order valence-electron chi connectivity index (χ0n) is 13.7. The number of carboxylic acids is 1. The summed E-state index contributed by atoms with van der Waals surface area (Å²) in [5, 5.41) is 10.8. The molecule has 1 atom stereocenters. The highest BCUT2D eigenvalue weighted by Crippen LogP contribution is 2.39. The van der Waals surface area contributed by atoms with Gasteiger partial charge in [-0.15, -0.1) is 11.3 Å². The lowest BCUT2D eigenvalue weighted by Gasteiger charge is -2.12. The Morgan fingerprint density at radius 2 is 2.24 bits per heavy atom. The lowest BCUT2D eigenvalue weighted by Crippen LogP contribution is -2.20. The fourth-order valence-electron chi connectivity index (χ4n) is 3.27. The molecule has 1 saturated heterocycles. The number of nitrogens with zero attached hydrogens (tertiary/aromatic N) is 1. The van der Waals surface area contributed by atoms with Gasteiger partial charge in [0.25, 0.3) is 5.56 Å². The minimum Gasteiger partial charge on any atom is -0.488 e. The van der Waals surface area contributed by atoms with Crippen LogP contribution in [0.15, 0.2) is 29.1 Å². The molecular formula is C18H17NO5S. The number of carbonyl (C=O) groups is 1. The van der Waals surface area contributed by atoms with Gasteiger partial charge in [0.2, 0.25) is 0 Å². The molecule has 6 nitrogen and oxygen atoms in total. The van der Waals surface area contributed by atoms with E-state index in [1.807, 2.05) is 24.3 Å². The molecule has 0 radical (unpaired) electrons. The number of rotatable bonds is 4. The smallest absolute Gasteiger partial charge is 0.349 e. The second-order valence-corrected chi connectivity index (χ2v) is 7.12. The van der Waals surface area contributed by atoms with Gasteiger partial charge in [-0.25, -0.2) is 4.79 Å². The normalized spacial score (nSPS) is 17.4. The molecule has 1 aliphatic heterocycles. The molecule has 130 valence electrons. The van der Waals surface area contributed by atoms with Gasteiger partial charge in [0.05, 0.1) is 16.3 Å². The van der Waals surface area contributed by atoms with E-state index in [2.05, 4.69) is 0 Å². The summed E-state index contributed by atoms with van der Waals surface area (Å²) in [6.07, 6.45) is 1.79. The summed E-state index contributed by atoms with van der Waals surface area (Å²) in [7, 11) is 1.69. The Labute approximate surface area is 147 Å². The van der Waals surface area contributed by atoms with E-state index in [4.69, 9.17) is 9.47 Å². The number of carboxylic acid groups (broad SMARTS) is 1. The molecule has 2 aromatic heterocycles. The van der Waals surface area contributed by atoms with Gasteiger partial charge < -0.3 is 19.1 Å². The first-order valence-electron chi connectivity index (χ1n) is 8.10. The molecular weight excluding hydrogens is 342 g/mol. The van der Waals surface area contributed by atoms with Gasteiger partial charge in [0.1, 0.15) is 12.0 Å². The Morgan fingerprint density at radius 1 is 1.44 bits per heavy atom. The number of aromatic nitrogens is 1. The van der Waals surface area contributed by atoms with E-state index in [0.717, 1.165) is 35.1 Å². The molecule has 0 aliphatic carbocycles. The fourth-order valence-corrected chi connectivity index (χ4v) is 4.38. The molecule has 0 bridgehead atoms. The molecule has 1 fully saturated rings. The van der Waals surface area contributed by atoms with Gasteiger partial charge in [0, 0.05) is 19.0 Å². The highest BCUT2D eigenvalue weighted by Gasteiger charge is 2.26. The number of para-hydroxylation sites is 1. The van der Waals surface area contributed by atoms with Crippen molar-refractivity contribution in [2.24, 2.45) is 7.05 Å². The number of hydrogen-bond donors (Lipinski definition) is 1. The Balaban J connectivity index is 1.94. The monoisotopic (exact) mass is 359 g/mol. The molecule has 0 spiro atoms. The van der Waals surface area contributed by atoms with Crippen molar-refractivity contribution in [1.82, 2.24) is 4.57 Å². The molecule has 0 saturated carbocycles. The third kappa shape index (κ3) is 2.60. The van der Waals surface area contributed by atoms with Gasteiger partial charge in [-0.1, -0.05) is 18.2 Å². The Morgan fingerprint density at radius 3 is 2.96 bits per heavy atom. The zero-order valence-corrected chi connectivity index (χ0v) is 14.5. The van der Waals surface area contributed by atoms with Crippen LogP contribution in [-0.4, -0.2) is 35.0 Å². The van der Waals surface area contributed by atoms with Crippen molar-refractivity contribution < 1.29 is 19.4 Å². The van der Waals surface area contributed by atoms with Gasteiger partial charge in [-0.3, -0.25) is 4.79 Å². The Hall–Kier alpha value is -2.38. The van der Waals surface area contributed by atoms with E-state index < -0.39 is 5.97 Å². The van der Waals surface area contributed by atoms with Crippen LogP contribution in [0.2, 0.25) is 0 Å². The molecule has 4 rings (SSSR count). The van der Waals surface area contributed by atoms with Crippen LogP contribution in [0, 0.1) is 0 Å². The summed E-state index contributed by atoms with van der Waals surface area (Å²) in [6.45, 7) is 0.943. The summed E-state index contributed by atoms with van der Waals surface area (Å²) < 4.78 is 13.5. The maximum Gasteiger partial charge on any atom is 0.349 e. The number of aryl methyl sites for hydroxylation is 1. The Kier molecular flexibility index (Phi) is 3.97. The highest BCUT2D eigenvalue weighted by molar-refractivity contribution is 7.22. The van der Waals surface area contributed by atoms with Crippen molar-refractivity contribution >= 4 is 38.3 Å². The average Bonchev–Trinajstić information content (AvgIpc) is 3.25. The number of thiophene rings is 1. The van der Waals surface area contributed by atoms with Crippen LogP contribution in [0.4, 0.5) is 0 Å². The first-order valence-corrected chi connectivity index (χ1v) is 8.91. The van der Waals surface area contributed by atoms with Crippen LogP contribution in [0.1, 0.15) is 22.5 Å². The van der Waals surface area contributed by atoms with Crippen LogP contribution < -0.4 is 10.3 Å². The van der Waals surface area contributed by atoms with Crippen molar-refractivity contribution in [2.45, 2.75) is 18.9 Å². The molecule has 1 aliphatic rings. The second-order valence-electron chi connectivity index (χ2n) is 6.10. The average molecular weight is 359 g/mol. The van der Waals surface area contributed by atoms with E-state index in [0.29, 0.717) is 16.7 Å². The molecule has 0 amide bonds. The SMILES string of the molecule is Cn1c(=O)c2c(OCC3CCCO3)c(C(=O)O)sc2c2ccccc21. The molecule has 25 heavy (non-hydrogen) atoms. The van der Waals surface area contributed by atoms with E-state index in [-0.39, 0.29) is 28.9 Å². The lowest BCUT2D eigenvalue weighted by molar-refractivity contribution is 0.0639. The number of fused-ring (bicyclic) bond motifs is 3. The highest BCUT2D eigenvalue weighted by atomic mass is 32.1. The van der Waals surface area contributed by atoms with Crippen LogP contribution in [0.3, 0.4) is 0 Å². The lowest BCUT2D eigenvalue weighted by atomic mass is 10.1. The topological polar surface area (TPSA) is 77.8 Å². The number of aromatic carboxylic acids is 1. The third-order valence-electron chi connectivity index (χ3n) is 4.52. The van der Waals surface area contributed by atoms with Crippen LogP contribution in [0.25, 0.3) is 21.0 Å². The first kappa shape index (κ1) is 16.1. The van der Waals surface area contributed by atoms with Crippen LogP contribution >= 0.6 is 11.3 Å². The number of ether oxygens (including phenoxy) is 2. The standard InChI is InChI=1S/C18H17NO5S/c1-19-12-7-3-2-6-11(12)15-13(17(19)20)14(16(25-15)18(21)22)24-9-10-5-4-8-23-10/h2-3,6-7,10H,4-5,8-9H2,1H3,(H,21,22). The summed E-state index contributed by atoms with van der Waals surface area (Å²) in [5.74, 6) is -0.927. The second kappa shape index (κ2) is 6.16. The van der Waals surface area contributed by atoms with E-state index in [1.54, 1.807) is 7.05 Å². The predicted molar refractivity (Wildman–Crippen MR) is 96.0 cm³/mol. The van der Waals surface area contributed by atoms with Crippen molar-refractivity contribution in [3.05, 3.63) is 39.5 Å². The van der Waals surface area contributed by atoms with Crippen molar-refractivity contribution in [2.75, 3.05) is 13.2 Å². The van der Waals surface area contributed by atoms with E-state index in [1.165, 1.54) is 4.57 Å². The van der Waals surface area contributed by atoms with Crippen molar-refractivity contribution in [3.8, 4) is 5.75 Å². The molecule has 1 N–H and O–H groups in total. The van der Waals surface area contributed by atoms with Gasteiger partial charge >= 0.3 is 5.97 Å². The van der Waals surface area contributed by atoms with Gasteiger partial charge in [0.15, 0.2) is 10.6 Å². The minimum absolute atomic E-state index is 0.0547. The minimum atomic E-state index is -1.09. The summed E-state index contributed by atoms with van der Waals surface area (Å²) >= 11 is 1.09. The molecule has 1 unspecified atom stereocenters.